The molecule has 1 unspecified atom stereocenters. The van der Waals surface area contributed by atoms with Crippen LogP contribution in [0.25, 0.3) is 0 Å². The summed E-state index contributed by atoms with van der Waals surface area (Å²) in [5.41, 5.74) is 2.06. The number of benzene rings is 1. The van der Waals surface area contributed by atoms with Crippen molar-refractivity contribution in [2.75, 3.05) is 29.9 Å². The Balaban J connectivity index is 2.32. The minimum atomic E-state index is -0.341. The first-order valence-electron chi connectivity index (χ1n) is 5.14. The van der Waals surface area contributed by atoms with Gasteiger partial charge >= 0.3 is 0 Å². The topological polar surface area (TPSA) is 35.5 Å². The molecule has 4 heteroatoms. The lowest BCUT2D eigenvalue weighted by atomic mass is 10.2. The van der Waals surface area contributed by atoms with Crippen molar-refractivity contribution >= 4 is 23.0 Å². The average molecular weight is 227 g/mol. The molecule has 1 aliphatic heterocycles. The molecular formula is C11H15ClN2O. The number of hydrogen-bond acceptors (Lipinski definition) is 3. The second-order valence-electron chi connectivity index (χ2n) is 3.86. The van der Waals surface area contributed by atoms with Gasteiger partial charge in [-0.25, -0.2) is 0 Å². The lowest BCUT2D eigenvalue weighted by molar-refractivity contribution is 0.200. The third kappa shape index (κ3) is 2.19. The zero-order valence-corrected chi connectivity index (χ0v) is 9.46. The van der Waals surface area contributed by atoms with E-state index < -0.39 is 0 Å². The van der Waals surface area contributed by atoms with Crippen molar-refractivity contribution < 1.29 is 5.11 Å². The van der Waals surface area contributed by atoms with Gasteiger partial charge in [-0.15, -0.1) is 0 Å². The standard InChI is InChI=1S/C11H15ClN2O/c1-8(15)7-14-6-5-13-10-4-2-3-9(12)11(10)14/h2-4,8,13,15H,5-7H2,1H3. The number of anilines is 2. The third-order valence-corrected chi connectivity index (χ3v) is 2.79. The van der Waals surface area contributed by atoms with Crippen LogP contribution < -0.4 is 10.2 Å². The summed E-state index contributed by atoms with van der Waals surface area (Å²) >= 11 is 6.16. The van der Waals surface area contributed by atoms with Gasteiger partial charge in [0.1, 0.15) is 0 Å². The van der Waals surface area contributed by atoms with E-state index in [1.54, 1.807) is 6.92 Å². The minimum absolute atomic E-state index is 0.341. The van der Waals surface area contributed by atoms with Gasteiger partial charge in [0, 0.05) is 19.6 Å². The molecule has 1 heterocycles. The molecule has 0 bridgehead atoms. The summed E-state index contributed by atoms with van der Waals surface area (Å²) in [4.78, 5) is 2.12. The molecule has 0 amide bonds. The molecule has 2 N–H and O–H groups in total. The normalized spacial score (nSPS) is 16.9. The number of fused-ring (bicyclic) bond motifs is 1. The average Bonchev–Trinajstić information content (AvgIpc) is 2.17. The van der Waals surface area contributed by atoms with Gasteiger partial charge in [0.05, 0.1) is 22.5 Å². The Bertz CT molecular complexity index is 354. The van der Waals surface area contributed by atoms with Crippen LogP contribution in [0.1, 0.15) is 6.92 Å². The van der Waals surface area contributed by atoms with E-state index >= 15 is 0 Å². The van der Waals surface area contributed by atoms with Crippen molar-refractivity contribution in [2.45, 2.75) is 13.0 Å². The molecule has 0 fully saturated rings. The fraction of sp³-hybridized carbons (Fsp3) is 0.455. The van der Waals surface area contributed by atoms with Crippen LogP contribution in [0.4, 0.5) is 11.4 Å². The van der Waals surface area contributed by atoms with Gasteiger partial charge in [0.2, 0.25) is 0 Å². The van der Waals surface area contributed by atoms with Gasteiger partial charge in [-0.05, 0) is 19.1 Å². The molecule has 0 spiro atoms. The first-order chi connectivity index (χ1) is 7.18. The van der Waals surface area contributed by atoms with Crippen molar-refractivity contribution in [3.8, 4) is 0 Å². The van der Waals surface area contributed by atoms with Crippen molar-refractivity contribution in [3.63, 3.8) is 0 Å². The highest BCUT2D eigenvalue weighted by molar-refractivity contribution is 6.34. The summed E-state index contributed by atoms with van der Waals surface area (Å²) in [6, 6.07) is 5.82. The molecule has 3 nitrogen and oxygen atoms in total. The van der Waals surface area contributed by atoms with E-state index in [1.807, 2.05) is 18.2 Å². The zero-order valence-electron chi connectivity index (χ0n) is 8.70. The van der Waals surface area contributed by atoms with Crippen molar-refractivity contribution in [3.05, 3.63) is 23.2 Å². The summed E-state index contributed by atoms with van der Waals surface area (Å²) in [6.45, 7) is 4.18. The third-order valence-electron chi connectivity index (χ3n) is 2.48. The molecule has 0 aromatic heterocycles. The number of para-hydroxylation sites is 1. The Morgan fingerprint density at radius 1 is 1.60 bits per heavy atom. The van der Waals surface area contributed by atoms with E-state index in [-0.39, 0.29) is 6.10 Å². The van der Waals surface area contributed by atoms with Crippen LogP contribution in [0.2, 0.25) is 5.02 Å². The van der Waals surface area contributed by atoms with Gasteiger partial charge in [-0.3, -0.25) is 0 Å². The van der Waals surface area contributed by atoms with E-state index in [2.05, 4.69) is 10.2 Å². The Labute approximate surface area is 94.7 Å². The highest BCUT2D eigenvalue weighted by atomic mass is 35.5. The molecule has 0 aliphatic carbocycles. The van der Waals surface area contributed by atoms with E-state index in [0.29, 0.717) is 6.54 Å². The number of aliphatic hydroxyl groups is 1. The molecule has 1 aromatic carbocycles. The number of nitrogens with one attached hydrogen (secondary N) is 1. The quantitative estimate of drug-likeness (QED) is 0.809. The van der Waals surface area contributed by atoms with Crippen molar-refractivity contribution in [1.82, 2.24) is 0 Å². The van der Waals surface area contributed by atoms with E-state index in [0.717, 1.165) is 29.5 Å². The van der Waals surface area contributed by atoms with Gasteiger partial charge in [-0.1, -0.05) is 17.7 Å². The Kier molecular flexibility index (Phi) is 3.03. The fourth-order valence-electron chi connectivity index (χ4n) is 1.92. The number of nitrogens with zero attached hydrogens (tertiary/aromatic N) is 1. The maximum absolute atomic E-state index is 9.42. The Morgan fingerprint density at radius 3 is 3.13 bits per heavy atom. The molecule has 0 saturated carbocycles. The monoisotopic (exact) mass is 226 g/mol. The molecular weight excluding hydrogens is 212 g/mol. The van der Waals surface area contributed by atoms with Crippen LogP contribution in [-0.4, -0.2) is 30.8 Å². The predicted octanol–water partition coefficient (Wildman–Crippen LogP) is 1.95. The number of hydrogen-bond donors (Lipinski definition) is 2. The van der Waals surface area contributed by atoms with E-state index in [9.17, 15) is 5.11 Å². The lowest BCUT2D eigenvalue weighted by Gasteiger charge is -2.33. The molecule has 1 atom stereocenters. The van der Waals surface area contributed by atoms with Crippen molar-refractivity contribution in [1.29, 1.82) is 0 Å². The second-order valence-corrected chi connectivity index (χ2v) is 4.27. The highest BCUT2D eigenvalue weighted by Crippen LogP contribution is 2.35. The summed E-state index contributed by atoms with van der Waals surface area (Å²) < 4.78 is 0. The van der Waals surface area contributed by atoms with E-state index in [1.165, 1.54) is 0 Å². The number of rotatable bonds is 2. The molecule has 1 aliphatic rings. The predicted molar refractivity (Wildman–Crippen MR) is 63.8 cm³/mol. The first-order valence-corrected chi connectivity index (χ1v) is 5.51. The molecule has 0 radical (unpaired) electrons. The smallest absolute Gasteiger partial charge is 0.0792 e. The number of aliphatic hydroxyl groups excluding tert-OH is 1. The van der Waals surface area contributed by atoms with Gasteiger partial charge < -0.3 is 15.3 Å². The summed E-state index contributed by atoms with van der Waals surface area (Å²) in [7, 11) is 0. The zero-order chi connectivity index (χ0) is 10.8. The van der Waals surface area contributed by atoms with Gasteiger partial charge in [0.25, 0.3) is 0 Å². The number of β-amino-alcohol motifs (C(OH)–C–C–N with tert-alkyl or cyclic N) is 1. The fourth-order valence-corrected chi connectivity index (χ4v) is 2.21. The Hall–Kier alpha value is -0.930. The second kappa shape index (κ2) is 4.29. The van der Waals surface area contributed by atoms with Gasteiger partial charge in [-0.2, -0.15) is 0 Å². The molecule has 1 aromatic rings. The highest BCUT2D eigenvalue weighted by Gasteiger charge is 2.19. The van der Waals surface area contributed by atoms with Gasteiger partial charge in [0.15, 0.2) is 0 Å². The van der Waals surface area contributed by atoms with Crippen LogP contribution in [-0.2, 0) is 0 Å². The summed E-state index contributed by atoms with van der Waals surface area (Å²) in [6.07, 6.45) is -0.341. The van der Waals surface area contributed by atoms with Crippen LogP contribution in [0, 0.1) is 0 Å². The summed E-state index contributed by atoms with van der Waals surface area (Å²) in [5, 5.41) is 13.5. The molecule has 82 valence electrons. The lowest BCUT2D eigenvalue weighted by Crippen LogP contribution is -2.38. The summed E-state index contributed by atoms with van der Waals surface area (Å²) in [5.74, 6) is 0. The maximum Gasteiger partial charge on any atom is 0.0792 e. The minimum Gasteiger partial charge on any atom is -0.392 e. The molecule has 2 rings (SSSR count). The first kappa shape index (κ1) is 10.6. The SMILES string of the molecule is CC(O)CN1CCNc2cccc(Cl)c21. The largest absolute Gasteiger partial charge is 0.392 e. The van der Waals surface area contributed by atoms with E-state index in [4.69, 9.17) is 11.6 Å². The van der Waals surface area contributed by atoms with Crippen LogP contribution >= 0.6 is 11.6 Å². The Morgan fingerprint density at radius 2 is 2.40 bits per heavy atom. The molecule has 15 heavy (non-hydrogen) atoms. The van der Waals surface area contributed by atoms with Crippen LogP contribution in [0.3, 0.4) is 0 Å². The van der Waals surface area contributed by atoms with Crippen molar-refractivity contribution in [2.24, 2.45) is 0 Å². The molecule has 0 saturated heterocycles. The van der Waals surface area contributed by atoms with Crippen LogP contribution in [0.15, 0.2) is 18.2 Å². The maximum atomic E-state index is 9.42. The van der Waals surface area contributed by atoms with Crippen LogP contribution in [0.5, 0.6) is 0 Å². The number of halogens is 1.